The summed E-state index contributed by atoms with van der Waals surface area (Å²) in [4.78, 5) is 0. The van der Waals surface area contributed by atoms with Crippen molar-refractivity contribution < 1.29 is 4.39 Å². The molecule has 2 rings (SSSR count). The maximum atomic E-state index is 13.9. The minimum atomic E-state index is -0.969. The van der Waals surface area contributed by atoms with Gasteiger partial charge < -0.3 is 0 Å². The Morgan fingerprint density at radius 2 is 2.11 bits per heavy atom. The molecule has 1 atom stereocenters. The van der Waals surface area contributed by atoms with E-state index < -0.39 is 5.54 Å². The van der Waals surface area contributed by atoms with Crippen molar-refractivity contribution in [2.24, 2.45) is 0 Å². The predicted octanol–water partition coefficient (Wildman–Crippen LogP) is 3.86. The van der Waals surface area contributed by atoms with Gasteiger partial charge in [0.05, 0.1) is 6.07 Å². The van der Waals surface area contributed by atoms with Crippen molar-refractivity contribution in [2.75, 3.05) is 0 Å². The second kappa shape index (κ2) is 5.38. The fourth-order valence-corrected chi connectivity index (χ4v) is 2.89. The minimum Gasteiger partial charge on any atom is -0.293 e. The highest BCUT2D eigenvalue weighted by Gasteiger charge is 2.33. The molecule has 0 radical (unpaired) electrons. The number of hydrogen-bond donors (Lipinski definition) is 1. The molecule has 0 spiro atoms. The van der Waals surface area contributed by atoms with Crippen LogP contribution in [0.1, 0.15) is 38.2 Å². The van der Waals surface area contributed by atoms with Crippen LogP contribution in [0.25, 0.3) is 0 Å². The van der Waals surface area contributed by atoms with Crippen molar-refractivity contribution in [3.63, 3.8) is 0 Å². The van der Waals surface area contributed by atoms with Crippen molar-refractivity contribution in [3.8, 4) is 6.07 Å². The van der Waals surface area contributed by atoms with Gasteiger partial charge >= 0.3 is 0 Å². The average molecular weight is 311 g/mol. The summed E-state index contributed by atoms with van der Waals surface area (Å²) >= 11 is 3.33. The van der Waals surface area contributed by atoms with Crippen molar-refractivity contribution in [1.82, 2.24) is 5.32 Å². The molecule has 0 amide bonds. The van der Waals surface area contributed by atoms with E-state index in [1.807, 2.05) is 0 Å². The lowest BCUT2D eigenvalue weighted by molar-refractivity contribution is 0.376. The van der Waals surface area contributed by atoms with Crippen molar-refractivity contribution in [1.29, 1.82) is 5.26 Å². The molecular formula is C14H16BrFN2. The molecule has 0 saturated heterocycles. The van der Waals surface area contributed by atoms with Crippen molar-refractivity contribution in [3.05, 3.63) is 34.1 Å². The normalized spacial score (nSPS) is 19.4. The Morgan fingerprint density at radius 3 is 2.72 bits per heavy atom. The first kappa shape index (κ1) is 13.5. The highest BCUT2D eigenvalue weighted by atomic mass is 79.9. The van der Waals surface area contributed by atoms with Gasteiger partial charge in [-0.25, -0.2) is 4.39 Å². The third kappa shape index (κ3) is 2.73. The lowest BCUT2D eigenvalue weighted by Gasteiger charge is -2.28. The van der Waals surface area contributed by atoms with E-state index in [0.717, 1.165) is 17.3 Å². The third-order valence-electron chi connectivity index (χ3n) is 3.54. The van der Waals surface area contributed by atoms with E-state index >= 15 is 0 Å². The van der Waals surface area contributed by atoms with Crippen LogP contribution in [0, 0.1) is 17.1 Å². The number of hydrogen-bond acceptors (Lipinski definition) is 2. The summed E-state index contributed by atoms with van der Waals surface area (Å²) in [6.07, 6.45) is 4.49. The number of rotatable bonds is 3. The predicted molar refractivity (Wildman–Crippen MR) is 72.5 cm³/mol. The van der Waals surface area contributed by atoms with Gasteiger partial charge in [-0.05, 0) is 38.0 Å². The van der Waals surface area contributed by atoms with Crippen LogP contribution in [0.3, 0.4) is 0 Å². The SMILES string of the molecule is CC(C#N)(NC1CCCC1)c1cc(Br)ccc1F. The molecule has 0 bridgehead atoms. The molecule has 1 aromatic rings. The second-order valence-corrected chi connectivity index (χ2v) is 5.90. The van der Waals surface area contributed by atoms with Crippen LogP contribution < -0.4 is 5.32 Å². The van der Waals surface area contributed by atoms with Gasteiger partial charge in [0, 0.05) is 16.1 Å². The molecule has 1 aromatic carbocycles. The van der Waals surface area contributed by atoms with E-state index in [1.54, 1.807) is 19.1 Å². The van der Waals surface area contributed by atoms with Crippen LogP contribution >= 0.6 is 15.9 Å². The first-order chi connectivity index (χ1) is 8.55. The summed E-state index contributed by atoms with van der Waals surface area (Å²) in [6, 6.07) is 7.25. The molecule has 18 heavy (non-hydrogen) atoms. The molecule has 1 aliphatic rings. The van der Waals surface area contributed by atoms with Crippen LogP contribution in [0.4, 0.5) is 4.39 Å². The standard InChI is InChI=1S/C14H16BrFN2/c1-14(9-17,18-11-4-2-3-5-11)12-8-10(15)6-7-13(12)16/h6-8,11,18H,2-5H2,1H3. The molecule has 0 heterocycles. The smallest absolute Gasteiger partial charge is 0.132 e. The lowest BCUT2D eigenvalue weighted by atomic mass is 9.92. The van der Waals surface area contributed by atoms with E-state index in [0.29, 0.717) is 11.6 Å². The summed E-state index contributed by atoms with van der Waals surface area (Å²) in [5.74, 6) is -0.340. The summed E-state index contributed by atoms with van der Waals surface area (Å²) in [6.45, 7) is 1.75. The number of halogens is 2. The van der Waals surface area contributed by atoms with E-state index in [9.17, 15) is 9.65 Å². The lowest BCUT2D eigenvalue weighted by Crippen LogP contribution is -2.44. The third-order valence-corrected chi connectivity index (χ3v) is 4.03. The Morgan fingerprint density at radius 1 is 1.44 bits per heavy atom. The Labute approximate surface area is 115 Å². The van der Waals surface area contributed by atoms with Crippen LogP contribution in [0.15, 0.2) is 22.7 Å². The van der Waals surface area contributed by atoms with E-state index in [1.165, 1.54) is 18.9 Å². The minimum absolute atomic E-state index is 0.313. The number of nitriles is 1. The van der Waals surface area contributed by atoms with Crippen molar-refractivity contribution >= 4 is 15.9 Å². The quantitative estimate of drug-likeness (QED) is 0.920. The van der Waals surface area contributed by atoms with Gasteiger partial charge in [0.15, 0.2) is 0 Å². The van der Waals surface area contributed by atoms with Crippen molar-refractivity contribution in [2.45, 2.75) is 44.2 Å². The van der Waals surface area contributed by atoms with Crippen LogP contribution in [-0.4, -0.2) is 6.04 Å². The van der Waals surface area contributed by atoms with E-state index in [4.69, 9.17) is 0 Å². The first-order valence-electron chi connectivity index (χ1n) is 6.19. The molecule has 1 unspecified atom stereocenters. The average Bonchev–Trinajstić information content (AvgIpc) is 2.84. The molecular weight excluding hydrogens is 295 g/mol. The molecule has 1 fully saturated rings. The summed E-state index contributed by atoms with van der Waals surface area (Å²) in [5, 5.41) is 12.7. The largest absolute Gasteiger partial charge is 0.293 e. The highest BCUT2D eigenvalue weighted by molar-refractivity contribution is 9.10. The first-order valence-corrected chi connectivity index (χ1v) is 6.99. The Balaban J connectivity index is 2.30. The molecule has 1 saturated carbocycles. The molecule has 1 aliphatic carbocycles. The van der Waals surface area contributed by atoms with Crippen LogP contribution in [-0.2, 0) is 5.54 Å². The van der Waals surface area contributed by atoms with Gasteiger partial charge in [0.25, 0.3) is 0 Å². The monoisotopic (exact) mass is 310 g/mol. The maximum absolute atomic E-state index is 13.9. The van der Waals surface area contributed by atoms with Gasteiger partial charge in [0.1, 0.15) is 11.4 Å². The highest BCUT2D eigenvalue weighted by Crippen LogP contribution is 2.29. The fraction of sp³-hybridized carbons (Fsp3) is 0.500. The topological polar surface area (TPSA) is 35.8 Å². The van der Waals surface area contributed by atoms with Gasteiger partial charge in [0.2, 0.25) is 0 Å². The number of nitrogens with zero attached hydrogens (tertiary/aromatic N) is 1. The van der Waals surface area contributed by atoms with E-state index in [2.05, 4.69) is 27.3 Å². The zero-order valence-electron chi connectivity index (χ0n) is 10.3. The maximum Gasteiger partial charge on any atom is 0.132 e. The van der Waals surface area contributed by atoms with Gasteiger partial charge in [-0.2, -0.15) is 5.26 Å². The van der Waals surface area contributed by atoms with Gasteiger partial charge in [-0.15, -0.1) is 0 Å². The Hall–Kier alpha value is -0.920. The van der Waals surface area contributed by atoms with Crippen LogP contribution in [0.2, 0.25) is 0 Å². The Bertz CT molecular complexity index is 477. The summed E-state index contributed by atoms with van der Waals surface area (Å²) in [5.41, 5.74) is -0.561. The number of benzene rings is 1. The summed E-state index contributed by atoms with van der Waals surface area (Å²) in [7, 11) is 0. The Kier molecular flexibility index (Phi) is 4.04. The molecule has 1 N–H and O–H groups in total. The van der Waals surface area contributed by atoms with Gasteiger partial charge in [-0.3, -0.25) is 5.32 Å². The molecule has 96 valence electrons. The molecule has 0 aliphatic heterocycles. The molecule has 2 nitrogen and oxygen atoms in total. The number of nitrogens with one attached hydrogen (secondary N) is 1. The fourth-order valence-electron chi connectivity index (χ4n) is 2.53. The van der Waals surface area contributed by atoms with Gasteiger partial charge in [-0.1, -0.05) is 28.8 Å². The molecule has 0 aromatic heterocycles. The molecule has 4 heteroatoms. The summed E-state index contributed by atoms with van der Waals surface area (Å²) < 4.78 is 14.7. The zero-order chi connectivity index (χ0) is 13.2. The second-order valence-electron chi connectivity index (χ2n) is 4.99. The zero-order valence-corrected chi connectivity index (χ0v) is 11.9. The van der Waals surface area contributed by atoms with E-state index in [-0.39, 0.29) is 5.82 Å². The van der Waals surface area contributed by atoms with Crippen LogP contribution in [0.5, 0.6) is 0 Å².